The summed E-state index contributed by atoms with van der Waals surface area (Å²) in [4.78, 5) is 0. The quantitative estimate of drug-likeness (QED) is 0.597. The van der Waals surface area contributed by atoms with Crippen LogP contribution in [0.15, 0.2) is 0 Å². The van der Waals surface area contributed by atoms with Crippen LogP contribution in [0.25, 0.3) is 0 Å². The lowest BCUT2D eigenvalue weighted by atomic mass is 10.5. The van der Waals surface area contributed by atoms with Gasteiger partial charge < -0.3 is 19.8 Å². The summed E-state index contributed by atoms with van der Waals surface area (Å²) in [6.07, 6.45) is -0.782. The summed E-state index contributed by atoms with van der Waals surface area (Å²) in [5.74, 6) is 0. The molecule has 0 heterocycles. The first-order valence-corrected chi connectivity index (χ1v) is 5.01. The Labute approximate surface area is 92.6 Å². The molecule has 0 aliphatic rings. The smallest absolute Gasteiger partial charge is 0.115 e. The fourth-order valence-electron chi connectivity index (χ4n) is 0.300. The monoisotopic (exact) mass is 228 g/mol. The average molecular weight is 228 g/mol. The number of aliphatic hydroxyl groups excluding tert-OH is 3. The Morgan fingerprint density at radius 2 is 1.47 bits per heavy atom. The van der Waals surface area contributed by atoms with Gasteiger partial charge in [0.15, 0.2) is 0 Å². The molecule has 0 fully saturated rings. The van der Waals surface area contributed by atoms with E-state index in [1.807, 2.05) is 0 Å². The summed E-state index contributed by atoms with van der Waals surface area (Å²) in [7, 11) is 6.16. The number of hydrogen-bond donors (Lipinski definition) is 3. The number of likely N-dealkylation sites (N-methyl/N-ethyl adjacent to an activating group) is 1. The Hall–Kier alpha value is -0.230. The highest BCUT2D eigenvalue weighted by atomic mass is 19.1. The van der Waals surface area contributed by atoms with Crippen molar-refractivity contribution in [2.45, 2.75) is 20.0 Å². The zero-order valence-corrected chi connectivity index (χ0v) is 10.6. The summed E-state index contributed by atoms with van der Waals surface area (Å²) >= 11 is 0. The zero-order chi connectivity index (χ0) is 12.9. The molecule has 15 heavy (non-hydrogen) atoms. The molecule has 0 aromatic carbocycles. The van der Waals surface area contributed by atoms with E-state index in [-0.39, 0.29) is 13.2 Å². The van der Waals surface area contributed by atoms with Crippen LogP contribution in [0.1, 0.15) is 13.8 Å². The van der Waals surface area contributed by atoms with Crippen LogP contribution in [0.3, 0.4) is 0 Å². The first-order valence-electron chi connectivity index (χ1n) is 5.01. The van der Waals surface area contributed by atoms with Gasteiger partial charge in [-0.3, -0.25) is 0 Å². The number of quaternary nitrogens is 1. The van der Waals surface area contributed by atoms with Crippen LogP contribution in [0.2, 0.25) is 0 Å². The third kappa shape index (κ3) is 57.3. The molecule has 0 radical (unpaired) electrons. The van der Waals surface area contributed by atoms with Crippen molar-refractivity contribution in [3.05, 3.63) is 0 Å². The minimum atomic E-state index is -0.782. The van der Waals surface area contributed by atoms with Gasteiger partial charge in [-0.2, -0.15) is 0 Å². The second-order valence-corrected chi connectivity index (χ2v) is 4.06. The van der Waals surface area contributed by atoms with Crippen LogP contribution in [-0.4, -0.2) is 73.5 Å². The molecule has 1 atom stereocenters. The molecule has 0 aromatic heterocycles. The molecule has 0 amide bonds. The largest absolute Gasteiger partial charge is 0.397 e. The summed E-state index contributed by atoms with van der Waals surface area (Å²) in [5, 5.41) is 23.9. The third-order valence-electron chi connectivity index (χ3n) is 0.994. The number of rotatable bonds is 3. The highest BCUT2D eigenvalue weighted by Crippen LogP contribution is 1.84. The second-order valence-electron chi connectivity index (χ2n) is 4.06. The molecule has 0 aliphatic carbocycles. The van der Waals surface area contributed by atoms with Gasteiger partial charge in [-0.05, 0) is 13.8 Å². The van der Waals surface area contributed by atoms with E-state index in [2.05, 4.69) is 21.1 Å². The lowest BCUT2D eigenvalue weighted by Gasteiger charge is -2.21. The Morgan fingerprint density at radius 1 is 1.20 bits per heavy atom. The van der Waals surface area contributed by atoms with E-state index in [1.165, 1.54) is 6.92 Å². The van der Waals surface area contributed by atoms with Crippen molar-refractivity contribution >= 4 is 0 Å². The fourth-order valence-corrected chi connectivity index (χ4v) is 0.300. The molecule has 0 aromatic rings. The maximum atomic E-state index is 10.9. The highest BCUT2D eigenvalue weighted by Gasteiger charge is 2.02. The van der Waals surface area contributed by atoms with Gasteiger partial charge in [0.1, 0.15) is 13.2 Å². The van der Waals surface area contributed by atoms with E-state index in [4.69, 9.17) is 15.3 Å². The minimum absolute atomic E-state index is 0.250. The Morgan fingerprint density at radius 3 is 1.47 bits per heavy atom. The fraction of sp³-hybridized carbons (Fsp3) is 1.00. The highest BCUT2D eigenvalue weighted by molar-refractivity contribution is 4.34. The first kappa shape index (κ1) is 20.2. The standard InChI is InChI=1S/C5H14NO.C3H7FO.C2H6O/c1-6(2,3)4-5-7;1-3(5)2-4;1-2-3/h7H,4-5H2,1-3H3;3,5H,2H2,1H3;3H,2H2,1H3/q+1;;. The van der Waals surface area contributed by atoms with E-state index in [0.29, 0.717) is 0 Å². The summed E-state index contributed by atoms with van der Waals surface area (Å²) in [5.41, 5.74) is 0. The predicted molar refractivity (Wildman–Crippen MR) is 60.4 cm³/mol. The molecule has 0 saturated carbocycles. The van der Waals surface area contributed by atoms with E-state index < -0.39 is 12.8 Å². The summed E-state index contributed by atoms with van der Waals surface area (Å²) < 4.78 is 11.7. The third-order valence-corrected chi connectivity index (χ3v) is 0.994. The molecule has 0 bridgehead atoms. The molecule has 0 aliphatic heterocycles. The summed E-state index contributed by atoms with van der Waals surface area (Å²) in [6, 6.07) is 0. The van der Waals surface area contributed by atoms with Gasteiger partial charge in [-0.25, -0.2) is 4.39 Å². The molecule has 4 nitrogen and oxygen atoms in total. The van der Waals surface area contributed by atoms with E-state index in [1.54, 1.807) is 6.92 Å². The number of nitrogens with zero attached hydrogens (tertiary/aromatic N) is 1. The zero-order valence-electron chi connectivity index (χ0n) is 10.6. The van der Waals surface area contributed by atoms with Crippen molar-refractivity contribution in [1.82, 2.24) is 0 Å². The van der Waals surface area contributed by atoms with Gasteiger partial charge in [0, 0.05) is 6.61 Å². The maximum Gasteiger partial charge on any atom is 0.115 e. The van der Waals surface area contributed by atoms with Crippen molar-refractivity contribution in [1.29, 1.82) is 0 Å². The van der Waals surface area contributed by atoms with Gasteiger partial charge >= 0.3 is 0 Å². The number of hydrogen-bond acceptors (Lipinski definition) is 3. The topological polar surface area (TPSA) is 60.7 Å². The molecule has 1 unspecified atom stereocenters. The van der Waals surface area contributed by atoms with Crippen LogP contribution in [-0.2, 0) is 0 Å². The van der Waals surface area contributed by atoms with Gasteiger partial charge in [0.25, 0.3) is 0 Å². The van der Waals surface area contributed by atoms with Crippen LogP contribution in [0, 0.1) is 0 Å². The Kier molecular flexibility index (Phi) is 18.6. The van der Waals surface area contributed by atoms with Gasteiger partial charge in [-0.1, -0.05) is 0 Å². The van der Waals surface area contributed by atoms with Gasteiger partial charge in [0.05, 0.1) is 33.9 Å². The van der Waals surface area contributed by atoms with Gasteiger partial charge in [-0.15, -0.1) is 0 Å². The molecule has 0 spiro atoms. The number of alkyl halides is 1. The van der Waals surface area contributed by atoms with Crippen LogP contribution in [0.4, 0.5) is 4.39 Å². The Bertz CT molecular complexity index is 105. The predicted octanol–water partition coefficient (Wildman–Crippen LogP) is 0.0202. The molecule has 0 rings (SSSR count). The molecule has 3 N–H and O–H groups in total. The maximum absolute atomic E-state index is 10.9. The number of halogens is 1. The first-order chi connectivity index (χ1) is 6.74. The van der Waals surface area contributed by atoms with Gasteiger partial charge in [0.2, 0.25) is 0 Å². The second kappa shape index (κ2) is 13.8. The summed E-state index contributed by atoms with van der Waals surface area (Å²) in [6.45, 7) is 3.81. The molecular formula is C10H27FNO3+. The molecule has 0 saturated heterocycles. The van der Waals surface area contributed by atoms with Crippen LogP contribution in [0.5, 0.6) is 0 Å². The molecule has 96 valence electrons. The van der Waals surface area contributed by atoms with Crippen molar-refractivity contribution < 1.29 is 24.2 Å². The molecule has 5 heteroatoms. The van der Waals surface area contributed by atoms with Crippen molar-refractivity contribution in [2.75, 3.05) is 47.6 Å². The van der Waals surface area contributed by atoms with Crippen molar-refractivity contribution in [3.8, 4) is 0 Å². The van der Waals surface area contributed by atoms with Crippen LogP contribution < -0.4 is 0 Å². The lowest BCUT2D eigenvalue weighted by Crippen LogP contribution is -2.36. The van der Waals surface area contributed by atoms with Crippen molar-refractivity contribution in [2.24, 2.45) is 0 Å². The number of aliphatic hydroxyl groups is 3. The van der Waals surface area contributed by atoms with E-state index in [0.717, 1.165) is 11.0 Å². The molecular weight excluding hydrogens is 201 g/mol. The SMILES string of the molecule is CC(O)CF.CCO.C[N+](C)(C)CCO. The Balaban J connectivity index is -0.000000158. The van der Waals surface area contributed by atoms with E-state index >= 15 is 0 Å². The average Bonchev–Trinajstić information content (AvgIpc) is 2.04. The van der Waals surface area contributed by atoms with E-state index in [9.17, 15) is 4.39 Å². The lowest BCUT2D eigenvalue weighted by molar-refractivity contribution is -0.870. The van der Waals surface area contributed by atoms with Crippen LogP contribution >= 0.6 is 0 Å². The van der Waals surface area contributed by atoms with Crippen molar-refractivity contribution in [3.63, 3.8) is 0 Å². The minimum Gasteiger partial charge on any atom is -0.397 e. The normalized spacial score (nSPS) is 11.8.